The Morgan fingerprint density at radius 3 is 1.86 bits per heavy atom. The standard InChI is InChI=1S/C27H31.C13H10.2ClH.Zr/c1-18-9-8-10-24(18)27(26(5,6)7)14-13-23-20(17-27)15-19-16-21(25(2,3)4)11-12-22(19)23;1-3-7-12(8-4-1)11-13-9-5-2-6-10-13;;;/h8-9,11-16H,10H2,1-7H3;1-10H;2*1H;. The maximum absolute atomic E-state index is 2.61. The molecule has 43 heavy (non-hydrogen) atoms. The van der Waals surface area contributed by atoms with E-state index < -0.39 is 22.8 Å². The molecule has 0 fully saturated rings. The molecule has 3 aromatic rings. The Labute approximate surface area is 282 Å². The van der Waals surface area contributed by atoms with E-state index in [2.05, 4.69) is 158 Å². The number of halogens is 2. The van der Waals surface area contributed by atoms with E-state index in [4.69, 9.17) is 0 Å². The van der Waals surface area contributed by atoms with Crippen LogP contribution in [-0.2, 0) is 28.2 Å². The first kappa shape index (κ1) is 33.6. The summed E-state index contributed by atoms with van der Waals surface area (Å²) in [6, 6.07) is 29.5. The molecular formula is C40H43Cl2Zr. The molecule has 0 spiro atoms. The van der Waals surface area contributed by atoms with Crippen LogP contribution in [0.4, 0.5) is 0 Å². The number of fused-ring (bicyclic) bond motifs is 2. The van der Waals surface area contributed by atoms with E-state index in [-0.39, 0.29) is 41.1 Å². The molecule has 0 bridgehead atoms. The van der Waals surface area contributed by atoms with Gasteiger partial charge in [0.25, 0.3) is 0 Å². The van der Waals surface area contributed by atoms with E-state index in [1.165, 1.54) is 43.8 Å². The smallest absolute Gasteiger partial charge is 0.147 e. The summed E-state index contributed by atoms with van der Waals surface area (Å²) in [7, 11) is 0. The van der Waals surface area contributed by atoms with Gasteiger partial charge in [0.15, 0.2) is 0 Å². The molecule has 0 N–H and O–H groups in total. The zero-order valence-electron chi connectivity index (χ0n) is 26.4. The van der Waals surface area contributed by atoms with Gasteiger partial charge in [-0.3, -0.25) is 0 Å². The zero-order chi connectivity index (χ0) is 29.0. The second-order valence-electron chi connectivity index (χ2n) is 13.8. The van der Waals surface area contributed by atoms with Crippen molar-refractivity contribution in [1.29, 1.82) is 0 Å². The Morgan fingerprint density at radius 2 is 1.35 bits per heavy atom. The van der Waals surface area contributed by atoms with Crippen LogP contribution < -0.4 is 10.4 Å². The van der Waals surface area contributed by atoms with Gasteiger partial charge in [-0.1, -0.05) is 0 Å². The van der Waals surface area contributed by atoms with Crippen LogP contribution in [-0.4, -0.2) is 3.21 Å². The SMILES string of the molecule is CC1=C(C2(C(C)(C)C)C=CC3=c4ccc(C(C)(C)C)cc4=CC3=[C]2[Zr]=[C](c2ccccc2)c2ccccc2)CC=C1.Cl.Cl. The molecule has 0 aromatic heterocycles. The van der Waals surface area contributed by atoms with Crippen molar-refractivity contribution in [3.63, 3.8) is 0 Å². The molecule has 6 rings (SSSR count). The second-order valence-corrected chi connectivity index (χ2v) is 16.9. The van der Waals surface area contributed by atoms with Crippen LogP contribution in [0.2, 0.25) is 0 Å². The molecule has 0 saturated carbocycles. The molecule has 3 aliphatic rings. The summed E-state index contributed by atoms with van der Waals surface area (Å²) in [4.78, 5) is 0. The molecule has 1 atom stereocenters. The van der Waals surface area contributed by atoms with Crippen LogP contribution in [0.25, 0.3) is 11.6 Å². The van der Waals surface area contributed by atoms with Gasteiger partial charge in [-0.2, -0.15) is 0 Å². The second kappa shape index (κ2) is 12.6. The van der Waals surface area contributed by atoms with Crippen LogP contribution in [0.15, 0.2) is 123 Å². The largest absolute Gasteiger partial charge is 0.147 e. The van der Waals surface area contributed by atoms with Gasteiger partial charge in [0.05, 0.1) is 0 Å². The van der Waals surface area contributed by atoms with Crippen LogP contribution in [0.1, 0.15) is 71.6 Å². The van der Waals surface area contributed by atoms with Crippen molar-refractivity contribution >= 4 is 39.7 Å². The average molecular weight is 686 g/mol. The molecule has 0 amide bonds. The van der Waals surface area contributed by atoms with E-state index in [0.29, 0.717) is 0 Å². The van der Waals surface area contributed by atoms with Crippen molar-refractivity contribution in [2.45, 2.75) is 60.3 Å². The van der Waals surface area contributed by atoms with Crippen LogP contribution >= 0.6 is 24.8 Å². The fourth-order valence-corrected chi connectivity index (χ4v) is 11.9. The number of benzene rings is 3. The number of allylic oxidation sites excluding steroid dienone is 8. The molecule has 221 valence electrons. The topological polar surface area (TPSA) is 0 Å². The minimum Gasteiger partial charge on any atom is -0.147 e. The van der Waals surface area contributed by atoms with Crippen molar-refractivity contribution in [2.75, 3.05) is 0 Å². The van der Waals surface area contributed by atoms with Crippen molar-refractivity contribution in [1.82, 2.24) is 0 Å². The van der Waals surface area contributed by atoms with Crippen molar-refractivity contribution in [2.24, 2.45) is 10.8 Å². The van der Waals surface area contributed by atoms with Crippen LogP contribution in [0, 0.1) is 10.8 Å². The van der Waals surface area contributed by atoms with Gasteiger partial charge in [0.2, 0.25) is 0 Å². The molecule has 0 aliphatic heterocycles. The van der Waals surface area contributed by atoms with Crippen molar-refractivity contribution in [3.05, 3.63) is 150 Å². The van der Waals surface area contributed by atoms with Gasteiger partial charge >= 0.3 is 259 Å². The Kier molecular flexibility index (Phi) is 9.84. The summed E-state index contributed by atoms with van der Waals surface area (Å²) in [5, 5.41) is 2.77. The molecule has 0 heterocycles. The first-order valence-corrected chi connectivity index (χ1v) is 17.4. The van der Waals surface area contributed by atoms with Gasteiger partial charge in [0, 0.05) is 0 Å². The number of hydrogen-bond donors (Lipinski definition) is 0. The average Bonchev–Trinajstić information content (AvgIpc) is 3.54. The number of hydrogen-bond acceptors (Lipinski definition) is 0. The van der Waals surface area contributed by atoms with E-state index in [0.717, 1.165) is 6.42 Å². The Morgan fingerprint density at radius 1 is 0.744 bits per heavy atom. The maximum atomic E-state index is 2.61. The van der Waals surface area contributed by atoms with Crippen LogP contribution in [0.3, 0.4) is 0 Å². The Hall–Kier alpha value is -2.31. The number of rotatable bonds is 4. The third kappa shape index (κ3) is 5.91. The maximum Gasteiger partial charge on any atom is -0.147 e. The van der Waals surface area contributed by atoms with Gasteiger partial charge < -0.3 is 0 Å². The summed E-state index contributed by atoms with van der Waals surface area (Å²) >= 11 is -1.34. The van der Waals surface area contributed by atoms with E-state index >= 15 is 0 Å². The normalized spacial score (nSPS) is 18.8. The molecule has 0 radical (unpaired) electrons. The predicted octanol–water partition coefficient (Wildman–Crippen LogP) is 9.26. The predicted molar refractivity (Wildman–Crippen MR) is 187 cm³/mol. The zero-order valence-corrected chi connectivity index (χ0v) is 30.5. The van der Waals surface area contributed by atoms with Gasteiger partial charge in [-0.05, 0) is 0 Å². The first-order chi connectivity index (χ1) is 19.5. The van der Waals surface area contributed by atoms with E-state index in [1.807, 2.05) is 0 Å². The van der Waals surface area contributed by atoms with Crippen molar-refractivity contribution < 1.29 is 22.8 Å². The minimum atomic E-state index is -1.34. The van der Waals surface area contributed by atoms with E-state index in [1.54, 1.807) is 12.1 Å². The van der Waals surface area contributed by atoms with E-state index in [9.17, 15) is 0 Å². The van der Waals surface area contributed by atoms with Gasteiger partial charge in [-0.15, -0.1) is 24.8 Å². The van der Waals surface area contributed by atoms with Crippen LogP contribution in [0.5, 0.6) is 0 Å². The summed E-state index contributed by atoms with van der Waals surface area (Å²) < 4.78 is 3.25. The van der Waals surface area contributed by atoms with Gasteiger partial charge in [-0.25, -0.2) is 0 Å². The fraction of sp³-hybridized carbons (Fsp3) is 0.275. The molecule has 3 aromatic carbocycles. The first-order valence-electron chi connectivity index (χ1n) is 14.9. The summed E-state index contributed by atoms with van der Waals surface area (Å²) in [6.07, 6.45) is 13.4. The van der Waals surface area contributed by atoms with Gasteiger partial charge in [0.1, 0.15) is 0 Å². The Balaban J connectivity index is 0.00000212. The molecule has 0 saturated heterocycles. The third-order valence-electron chi connectivity index (χ3n) is 9.16. The summed E-state index contributed by atoms with van der Waals surface area (Å²) in [5.41, 5.74) is 10.1. The fourth-order valence-electron chi connectivity index (χ4n) is 6.89. The molecule has 0 nitrogen and oxygen atoms in total. The Bertz CT molecular complexity index is 1760. The quantitative estimate of drug-likeness (QED) is 0.257. The van der Waals surface area contributed by atoms with Crippen molar-refractivity contribution in [3.8, 4) is 0 Å². The summed E-state index contributed by atoms with van der Waals surface area (Å²) in [5.74, 6) is 0. The minimum absolute atomic E-state index is 0. The molecular weight excluding hydrogens is 643 g/mol. The molecule has 1 unspecified atom stereocenters. The molecule has 3 heteroatoms. The summed E-state index contributed by atoms with van der Waals surface area (Å²) in [6.45, 7) is 16.7. The monoisotopic (exact) mass is 683 g/mol. The molecule has 3 aliphatic carbocycles. The third-order valence-corrected chi connectivity index (χ3v) is 13.4.